The fourth-order valence-corrected chi connectivity index (χ4v) is 4.24. The highest BCUT2D eigenvalue weighted by Crippen LogP contribution is 2.47. The lowest BCUT2D eigenvalue weighted by atomic mass is 9.72. The molecular formula is C19H30O5. The van der Waals surface area contributed by atoms with E-state index in [4.69, 9.17) is 18.9 Å². The maximum absolute atomic E-state index is 12.2. The monoisotopic (exact) mass is 338 g/mol. The van der Waals surface area contributed by atoms with Crippen LogP contribution in [-0.2, 0) is 23.7 Å². The molecule has 0 amide bonds. The van der Waals surface area contributed by atoms with Gasteiger partial charge in [0, 0.05) is 18.8 Å². The van der Waals surface area contributed by atoms with Gasteiger partial charge in [0.2, 0.25) is 0 Å². The van der Waals surface area contributed by atoms with Gasteiger partial charge in [0.05, 0.1) is 19.3 Å². The largest absolute Gasteiger partial charge is 0.456 e. The van der Waals surface area contributed by atoms with Gasteiger partial charge < -0.3 is 18.9 Å². The Morgan fingerprint density at radius 3 is 2.67 bits per heavy atom. The maximum Gasteiger partial charge on any atom is 0.337 e. The number of rotatable bonds is 5. The highest BCUT2D eigenvalue weighted by Gasteiger charge is 2.51. The molecule has 0 N–H and O–H groups in total. The van der Waals surface area contributed by atoms with E-state index in [-0.39, 0.29) is 18.2 Å². The van der Waals surface area contributed by atoms with E-state index < -0.39 is 5.79 Å². The van der Waals surface area contributed by atoms with Crippen LogP contribution >= 0.6 is 0 Å². The van der Waals surface area contributed by atoms with Crippen LogP contribution in [0.4, 0.5) is 0 Å². The van der Waals surface area contributed by atoms with Gasteiger partial charge in [-0.15, -0.1) is 0 Å². The highest BCUT2D eigenvalue weighted by atomic mass is 16.7. The van der Waals surface area contributed by atoms with Crippen LogP contribution in [0, 0.1) is 17.8 Å². The zero-order valence-corrected chi connectivity index (χ0v) is 15.1. The third-order valence-corrected chi connectivity index (χ3v) is 5.38. The Hall–Kier alpha value is -1.07. The summed E-state index contributed by atoms with van der Waals surface area (Å²) in [5.41, 5.74) is 0. The average molecular weight is 338 g/mol. The number of hydrogen-bond donors (Lipinski definition) is 0. The van der Waals surface area contributed by atoms with Crippen molar-refractivity contribution in [2.45, 2.75) is 71.4 Å². The molecule has 5 nitrogen and oxygen atoms in total. The molecule has 0 aromatic heterocycles. The van der Waals surface area contributed by atoms with E-state index in [2.05, 4.69) is 20.8 Å². The van der Waals surface area contributed by atoms with Crippen molar-refractivity contribution < 1.29 is 23.7 Å². The van der Waals surface area contributed by atoms with Gasteiger partial charge in [-0.1, -0.05) is 20.8 Å². The highest BCUT2D eigenvalue weighted by molar-refractivity contribution is 5.83. The first-order valence-corrected chi connectivity index (χ1v) is 9.34. The maximum atomic E-state index is 12.2. The minimum atomic E-state index is -0.770. The van der Waals surface area contributed by atoms with Crippen LogP contribution in [0.2, 0.25) is 0 Å². The van der Waals surface area contributed by atoms with Gasteiger partial charge >= 0.3 is 5.97 Å². The van der Waals surface area contributed by atoms with Crippen molar-refractivity contribution in [2.24, 2.45) is 17.8 Å². The molecule has 2 heterocycles. The van der Waals surface area contributed by atoms with Crippen LogP contribution in [-0.4, -0.2) is 31.3 Å². The van der Waals surface area contributed by atoms with E-state index in [0.717, 1.165) is 37.9 Å². The fraction of sp³-hybridized carbons (Fsp3) is 0.842. The molecule has 136 valence electrons. The van der Waals surface area contributed by atoms with Crippen LogP contribution in [0.15, 0.2) is 11.8 Å². The lowest BCUT2D eigenvalue weighted by Crippen LogP contribution is -2.52. The summed E-state index contributed by atoms with van der Waals surface area (Å²) >= 11 is 0. The number of esters is 1. The molecule has 3 rings (SSSR count). The Morgan fingerprint density at radius 2 is 1.96 bits per heavy atom. The average Bonchev–Trinajstić information content (AvgIpc) is 2.99. The first-order valence-electron chi connectivity index (χ1n) is 9.34. The van der Waals surface area contributed by atoms with Crippen molar-refractivity contribution >= 4 is 5.97 Å². The van der Waals surface area contributed by atoms with Gasteiger partial charge in [-0.3, -0.25) is 0 Å². The van der Waals surface area contributed by atoms with Gasteiger partial charge in [-0.25, -0.2) is 4.79 Å². The second-order valence-electron chi connectivity index (χ2n) is 7.75. The fourth-order valence-electron chi connectivity index (χ4n) is 4.24. The summed E-state index contributed by atoms with van der Waals surface area (Å²) in [7, 11) is 0. The Balaban J connectivity index is 1.64. The first-order chi connectivity index (χ1) is 11.5. The lowest BCUT2D eigenvalue weighted by molar-refractivity contribution is -0.269. The third kappa shape index (κ3) is 3.94. The van der Waals surface area contributed by atoms with E-state index in [9.17, 15) is 4.79 Å². The van der Waals surface area contributed by atoms with Gasteiger partial charge in [0.1, 0.15) is 5.76 Å². The molecule has 5 heteroatoms. The van der Waals surface area contributed by atoms with Crippen molar-refractivity contribution in [2.75, 3.05) is 13.2 Å². The summed E-state index contributed by atoms with van der Waals surface area (Å²) in [6, 6.07) is 0. The summed E-state index contributed by atoms with van der Waals surface area (Å²) < 4.78 is 23.0. The second kappa shape index (κ2) is 7.44. The minimum Gasteiger partial charge on any atom is -0.456 e. The summed E-state index contributed by atoms with van der Waals surface area (Å²) in [5, 5.41) is 0. The Morgan fingerprint density at radius 1 is 1.21 bits per heavy atom. The van der Waals surface area contributed by atoms with Crippen LogP contribution in [0.25, 0.3) is 0 Å². The van der Waals surface area contributed by atoms with Gasteiger partial charge in [-0.2, -0.15) is 0 Å². The topological polar surface area (TPSA) is 54.0 Å². The molecule has 2 fully saturated rings. The second-order valence-corrected chi connectivity index (χ2v) is 7.75. The molecule has 1 saturated heterocycles. The zero-order valence-electron chi connectivity index (χ0n) is 15.1. The Kier molecular flexibility index (Phi) is 5.50. The number of hydrogen-bond acceptors (Lipinski definition) is 5. The molecule has 1 aliphatic carbocycles. The van der Waals surface area contributed by atoms with E-state index in [0.29, 0.717) is 25.0 Å². The van der Waals surface area contributed by atoms with Crippen molar-refractivity contribution in [3.05, 3.63) is 11.8 Å². The van der Waals surface area contributed by atoms with Crippen LogP contribution < -0.4 is 0 Å². The van der Waals surface area contributed by atoms with E-state index >= 15 is 0 Å². The summed E-state index contributed by atoms with van der Waals surface area (Å²) in [4.78, 5) is 12.2. The van der Waals surface area contributed by atoms with Crippen molar-refractivity contribution in [1.29, 1.82) is 0 Å². The summed E-state index contributed by atoms with van der Waals surface area (Å²) in [6.07, 6.45) is 6.83. The Labute approximate surface area is 144 Å². The van der Waals surface area contributed by atoms with Crippen LogP contribution in [0.5, 0.6) is 0 Å². The van der Waals surface area contributed by atoms with E-state index in [1.54, 1.807) is 0 Å². The molecule has 1 saturated carbocycles. The number of allylic oxidation sites excluding steroid dienone is 1. The molecule has 3 aliphatic rings. The van der Waals surface area contributed by atoms with Crippen LogP contribution in [0.1, 0.15) is 59.3 Å². The number of ether oxygens (including phenoxy) is 4. The predicted molar refractivity (Wildman–Crippen MR) is 88.9 cm³/mol. The molecule has 0 aromatic carbocycles. The molecule has 0 bridgehead atoms. The summed E-state index contributed by atoms with van der Waals surface area (Å²) in [6.45, 7) is 7.93. The smallest absolute Gasteiger partial charge is 0.337 e. The molecular weight excluding hydrogens is 308 g/mol. The van der Waals surface area contributed by atoms with Crippen LogP contribution in [0.3, 0.4) is 0 Å². The third-order valence-electron chi connectivity index (χ3n) is 5.38. The van der Waals surface area contributed by atoms with Crippen molar-refractivity contribution in [3.8, 4) is 0 Å². The van der Waals surface area contributed by atoms with Gasteiger partial charge in [0.15, 0.2) is 6.29 Å². The standard InChI is InChI=1S/C19H30O5/c1-13(2)16-8-7-14(3)12-19(16)23-15(11-17(20)24-19)5-4-6-18-21-9-10-22-18/h11,13-14,16,18H,4-10,12H2,1-3H3/t14-,16+,19-/m1/s1. The molecule has 1 spiro atoms. The quantitative estimate of drug-likeness (QED) is 0.714. The lowest BCUT2D eigenvalue weighted by Gasteiger charge is -2.48. The molecule has 3 atom stereocenters. The molecule has 0 radical (unpaired) electrons. The first kappa shape index (κ1) is 17.7. The number of carbonyl (C=O) groups is 1. The zero-order chi connectivity index (χ0) is 17.2. The molecule has 0 unspecified atom stereocenters. The predicted octanol–water partition coefficient (Wildman–Crippen LogP) is 3.78. The van der Waals surface area contributed by atoms with Gasteiger partial charge in [0.25, 0.3) is 5.79 Å². The molecule has 0 aromatic rings. The number of carbonyl (C=O) groups excluding carboxylic acids is 1. The molecule has 24 heavy (non-hydrogen) atoms. The van der Waals surface area contributed by atoms with Crippen molar-refractivity contribution in [1.82, 2.24) is 0 Å². The van der Waals surface area contributed by atoms with E-state index in [1.807, 2.05) is 0 Å². The Bertz CT molecular complexity index is 480. The SMILES string of the molecule is CC(C)[C@@H]1CC[C@@H](C)C[C@@]12OC(=O)C=C(CCCC1OCCO1)O2. The molecule has 2 aliphatic heterocycles. The van der Waals surface area contributed by atoms with Crippen molar-refractivity contribution in [3.63, 3.8) is 0 Å². The normalized spacial score (nSPS) is 34.3. The summed E-state index contributed by atoms with van der Waals surface area (Å²) in [5.74, 6) is 0.904. The minimum absolute atomic E-state index is 0.104. The van der Waals surface area contributed by atoms with E-state index in [1.165, 1.54) is 12.5 Å². The van der Waals surface area contributed by atoms with Gasteiger partial charge in [-0.05, 0) is 37.5 Å².